The van der Waals surface area contributed by atoms with Crippen LogP contribution in [0.1, 0.15) is 23.2 Å². The number of anilines is 2. The molecule has 0 heterocycles. The SMILES string of the molecule is O=C(CCCNC(=O)c1ccc(F)cc1F)Nc1ccccc1NCC(F)(F)F. The summed E-state index contributed by atoms with van der Waals surface area (Å²) >= 11 is 0. The molecule has 2 aromatic carbocycles. The molecule has 10 heteroatoms. The smallest absolute Gasteiger partial charge is 0.375 e. The molecule has 0 saturated carbocycles. The predicted molar refractivity (Wildman–Crippen MR) is 97.5 cm³/mol. The van der Waals surface area contributed by atoms with Crippen LogP contribution in [0.25, 0.3) is 0 Å². The van der Waals surface area contributed by atoms with Gasteiger partial charge < -0.3 is 16.0 Å². The van der Waals surface area contributed by atoms with E-state index in [0.717, 1.165) is 12.1 Å². The van der Waals surface area contributed by atoms with Gasteiger partial charge in [0.2, 0.25) is 5.91 Å². The lowest BCUT2D eigenvalue weighted by Crippen LogP contribution is -2.26. The molecule has 2 rings (SSSR count). The summed E-state index contributed by atoms with van der Waals surface area (Å²) < 4.78 is 63.4. The van der Waals surface area contributed by atoms with Crippen LogP contribution in [0.2, 0.25) is 0 Å². The molecular weight excluding hydrogens is 397 g/mol. The van der Waals surface area contributed by atoms with E-state index in [2.05, 4.69) is 16.0 Å². The van der Waals surface area contributed by atoms with Gasteiger partial charge in [0.25, 0.3) is 5.91 Å². The summed E-state index contributed by atoms with van der Waals surface area (Å²) in [4.78, 5) is 23.8. The van der Waals surface area contributed by atoms with Crippen molar-refractivity contribution in [3.05, 3.63) is 59.7 Å². The number of hydrogen-bond acceptors (Lipinski definition) is 3. The molecule has 2 aromatic rings. The molecule has 0 saturated heterocycles. The Bertz CT molecular complexity index is 871. The number of carbonyl (C=O) groups excluding carboxylic acids is 2. The fourth-order valence-electron chi connectivity index (χ4n) is 2.37. The Morgan fingerprint density at radius 1 is 0.966 bits per heavy atom. The first-order valence-electron chi connectivity index (χ1n) is 8.58. The average Bonchev–Trinajstić information content (AvgIpc) is 2.63. The van der Waals surface area contributed by atoms with Gasteiger partial charge >= 0.3 is 6.18 Å². The first-order chi connectivity index (χ1) is 13.7. The molecule has 3 N–H and O–H groups in total. The molecule has 0 fully saturated rings. The summed E-state index contributed by atoms with van der Waals surface area (Å²) in [5.74, 6) is -3.01. The van der Waals surface area contributed by atoms with Crippen LogP contribution in [0.3, 0.4) is 0 Å². The number of hydrogen-bond donors (Lipinski definition) is 3. The number of benzene rings is 2. The minimum absolute atomic E-state index is 0.0280. The number of rotatable bonds is 8. The third kappa shape index (κ3) is 7.40. The summed E-state index contributed by atoms with van der Waals surface area (Å²) in [6, 6.07) is 8.50. The van der Waals surface area contributed by atoms with Crippen LogP contribution in [0.15, 0.2) is 42.5 Å². The highest BCUT2D eigenvalue weighted by Crippen LogP contribution is 2.23. The van der Waals surface area contributed by atoms with Crippen molar-refractivity contribution in [2.24, 2.45) is 0 Å². The highest BCUT2D eigenvalue weighted by atomic mass is 19.4. The van der Waals surface area contributed by atoms with Crippen LogP contribution in [0.4, 0.5) is 33.3 Å². The van der Waals surface area contributed by atoms with Crippen molar-refractivity contribution in [2.45, 2.75) is 19.0 Å². The number of halogens is 5. The largest absolute Gasteiger partial charge is 0.405 e. The molecule has 5 nitrogen and oxygen atoms in total. The molecule has 29 heavy (non-hydrogen) atoms. The Balaban J connectivity index is 1.80. The molecule has 0 atom stereocenters. The lowest BCUT2D eigenvalue weighted by molar-refractivity contribution is -0.116. The van der Waals surface area contributed by atoms with Crippen molar-refractivity contribution in [1.29, 1.82) is 0 Å². The monoisotopic (exact) mass is 415 g/mol. The van der Waals surface area contributed by atoms with Gasteiger partial charge in [-0.05, 0) is 30.7 Å². The highest BCUT2D eigenvalue weighted by Gasteiger charge is 2.27. The van der Waals surface area contributed by atoms with E-state index >= 15 is 0 Å². The Labute approximate surface area is 163 Å². The van der Waals surface area contributed by atoms with Gasteiger partial charge in [-0.1, -0.05) is 12.1 Å². The molecule has 0 aliphatic carbocycles. The first kappa shape index (κ1) is 22.1. The normalized spacial score (nSPS) is 11.1. The Kier molecular flexibility index (Phi) is 7.52. The number of nitrogens with one attached hydrogen (secondary N) is 3. The summed E-state index contributed by atoms with van der Waals surface area (Å²) in [6.07, 6.45) is -4.22. The number of carbonyl (C=O) groups is 2. The summed E-state index contributed by atoms with van der Waals surface area (Å²) in [7, 11) is 0. The Hall–Kier alpha value is -3.17. The number of para-hydroxylation sites is 2. The van der Waals surface area contributed by atoms with Gasteiger partial charge in [-0.25, -0.2) is 8.78 Å². The van der Waals surface area contributed by atoms with Gasteiger partial charge in [-0.15, -0.1) is 0 Å². The lowest BCUT2D eigenvalue weighted by Gasteiger charge is -2.14. The molecule has 0 unspecified atom stereocenters. The van der Waals surface area contributed by atoms with Crippen molar-refractivity contribution >= 4 is 23.2 Å². The quantitative estimate of drug-likeness (QED) is 0.449. The predicted octanol–water partition coefficient (Wildman–Crippen LogP) is 4.09. The maximum absolute atomic E-state index is 13.5. The van der Waals surface area contributed by atoms with Gasteiger partial charge in [-0.3, -0.25) is 9.59 Å². The molecule has 0 bridgehead atoms. The van der Waals surface area contributed by atoms with Gasteiger partial charge in [0, 0.05) is 19.0 Å². The zero-order chi connectivity index (χ0) is 21.4. The van der Waals surface area contributed by atoms with Crippen LogP contribution < -0.4 is 16.0 Å². The first-order valence-corrected chi connectivity index (χ1v) is 8.58. The molecule has 0 aliphatic rings. The minimum atomic E-state index is -4.40. The fraction of sp³-hybridized carbons (Fsp3) is 0.263. The van der Waals surface area contributed by atoms with Crippen LogP contribution in [-0.2, 0) is 4.79 Å². The summed E-state index contributed by atoms with van der Waals surface area (Å²) in [5, 5.41) is 7.12. The van der Waals surface area contributed by atoms with Crippen molar-refractivity contribution < 1.29 is 31.5 Å². The zero-order valence-corrected chi connectivity index (χ0v) is 15.1. The van der Waals surface area contributed by atoms with Crippen molar-refractivity contribution in [2.75, 3.05) is 23.7 Å². The molecule has 0 radical (unpaired) electrons. The van der Waals surface area contributed by atoms with Gasteiger partial charge in [0.15, 0.2) is 0 Å². The molecule has 0 spiro atoms. The maximum atomic E-state index is 13.5. The average molecular weight is 415 g/mol. The van der Waals surface area contributed by atoms with E-state index in [9.17, 15) is 31.5 Å². The van der Waals surface area contributed by atoms with Crippen molar-refractivity contribution in [1.82, 2.24) is 5.32 Å². The topological polar surface area (TPSA) is 70.2 Å². The lowest BCUT2D eigenvalue weighted by atomic mass is 10.2. The van der Waals surface area contributed by atoms with Crippen molar-refractivity contribution in [3.63, 3.8) is 0 Å². The van der Waals surface area contributed by atoms with Gasteiger partial charge in [0.1, 0.15) is 18.2 Å². The van der Waals surface area contributed by atoms with E-state index in [1.54, 1.807) is 6.07 Å². The zero-order valence-electron chi connectivity index (χ0n) is 15.1. The summed E-state index contributed by atoms with van der Waals surface area (Å²) in [5.41, 5.74) is -0.00190. The third-order valence-electron chi connectivity index (χ3n) is 3.72. The molecule has 0 aliphatic heterocycles. The third-order valence-corrected chi connectivity index (χ3v) is 3.72. The molecule has 0 aromatic heterocycles. The molecule has 156 valence electrons. The number of alkyl halides is 3. The Morgan fingerprint density at radius 2 is 1.66 bits per heavy atom. The molecule has 2 amide bonds. The van der Waals surface area contributed by atoms with E-state index < -0.39 is 36.2 Å². The minimum Gasteiger partial charge on any atom is -0.375 e. The van der Waals surface area contributed by atoms with Crippen LogP contribution >= 0.6 is 0 Å². The Morgan fingerprint density at radius 3 is 2.31 bits per heavy atom. The standard InChI is InChI=1S/C19H18F5N3O2/c20-12-7-8-13(14(21)10-12)18(29)25-9-3-6-17(28)27-16-5-2-1-4-15(16)26-11-19(22,23)24/h1-2,4-5,7-8,10,26H,3,6,9,11H2,(H,25,29)(H,27,28). The highest BCUT2D eigenvalue weighted by molar-refractivity contribution is 5.95. The second-order valence-corrected chi connectivity index (χ2v) is 6.05. The number of amides is 2. The van der Waals surface area contributed by atoms with E-state index in [0.29, 0.717) is 6.07 Å². The van der Waals surface area contributed by atoms with Gasteiger partial charge in [0.05, 0.1) is 16.9 Å². The van der Waals surface area contributed by atoms with Crippen LogP contribution in [0.5, 0.6) is 0 Å². The maximum Gasteiger partial charge on any atom is 0.405 e. The van der Waals surface area contributed by atoms with E-state index in [1.807, 2.05) is 0 Å². The van der Waals surface area contributed by atoms with Crippen LogP contribution in [-0.4, -0.2) is 31.1 Å². The van der Waals surface area contributed by atoms with E-state index in [-0.39, 0.29) is 36.3 Å². The van der Waals surface area contributed by atoms with Crippen molar-refractivity contribution in [3.8, 4) is 0 Å². The second kappa shape index (κ2) is 9.85. The summed E-state index contributed by atoms with van der Waals surface area (Å²) in [6.45, 7) is -1.19. The fourth-order valence-corrected chi connectivity index (χ4v) is 2.37. The molecular formula is C19H18F5N3O2. The van der Waals surface area contributed by atoms with Gasteiger partial charge in [-0.2, -0.15) is 13.2 Å². The van der Waals surface area contributed by atoms with E-state index in [1.165, 1.54) is 18.2 Å². The van der Waals surface area contributed by atoms with E-state index in [4.69, 9.17) is 0 Å². The van der Waals surface area contributed by atoms with Crippen LogP contribution in [0, 0.1) is 11.6 Å². The second-order valence-electron chi connectivity index (χ2n) is 6.05.